The van der Waals surface area contributed by atoms with Gasteiger partial charge in [-0.3, -0.25) is 4.79 Å². The van der Waals surface area contributed by atoms with Crippen molar-refractivity contribution in [3.8, 4) is 5.75 Å². The number of hydrogen-bond acceptors (Lipinski definition) is 4. The number of benzene rings is 1. The molecule has 0 aromatic heterocycles. The smallest absolute Gasteiger partial charge is 0.387 e. The average Bonchev–Trinajstić information content (AvgIpc) is 2.41. The first-order chi connectivity index (χ1) is 9.61. The van der Waals surface area contributed by atoms with Crippen molar-refractivity contribution in [2.24, 2.45) is 0 Å². The molecule has 1 aromatic carbocycles. The Morgan fingerprint density at radius 2 is 2.14 bits per heavy atom. The van der Waals surface area contributed by atoms with Gasteiger partial charge in [-0.05, 0) is 17.7 Å². The number of rotatable bonds is 9. The van der Waals surface area contributed by atoms with Crippen LogP contribution in [0.1, 0.15) is 5.56 Å². The maximum atomic E-state index is 12.1. The zero-order chi connectivity index (χ0) is 14.8. The van der Waals surface area contributed by atoms with Crippen LogP contribution in [0.4, 0.5) is 8.78 Å². The van der Waals surface area contributed by atoms with E-state index < -0.39 is 6.61 Å². The number of carbonyl (C=O) groups excluding carboxylic acids is 1. The molecule has 0 heterocycles. The predicted molar refractivity (Wildman–Crippen MR) is 76.9 cm³/mol. The van der Waals surface area contributed by atoms with E-state index in [1.807, 2.05) is 0 Å². The Labute approximate surface area is 128 Å². The highest BCUT2D eigenvalue weighted by Crippen LogP contribution is 2.15. The van der Waals surface area contributed by atoms with Gasteiger partial charge in [0.25, 0.3) is 0 Å². The summed E-state index contributed by atoms with van der Waals surface area (Å²) >= 11 is 0. The van der Waals surface area contributed by atoms with E-state index in [2.05, 4.69) is 15.4 Å². The summed E-state index contributed by atoms with van der Waals surface area (Å²) in [6.45, 7) is -1.31. The molecular formula is C13H19ClF2N2O3. The Morgan fingerprint density at radius 1 is 1.38 bits per heavy atom. The van der Waals surface area contributed by atoms with Crippen molar-refractivity contribution in [1.82, 2.24) is 10.6 Å². The van der Waals surface area contributed by atoms with E-state index >= 15 is 0 Å². The van der Waals surface area contributed by atoms with Crippen LogP contribution in [0.2, 0.25) is 0 Å². The van der Waals surface area contributed by atoms with Gasteiger partial charge in [0.2, 0.25) is 5.91 Å². The highest BCUT2D eigenvalue weighted by molar-refractivity contribution is 5.85. The molecule has 21 heavy (non-hydrogen) atoms. The molecule has 2 N–H and O–H groups in total. The van der Waals surface area contributed by atoms with Crippen molar-refractivity contribution in [3.63, 3.8) is 0 Å². The number of hydrogen-bond donors (Lipinski definition) is 2. The van der Waals surface area contributed by atoms with Gasteiger partial charge < -0.3 is 20.1 Å². The molecule has 0 aliphatic carbocycles. The zero-order valence-electron chi connectivity index (χ0n) is 11.6. The topological polar surface area (TPSA) is 59.6 Å². The second-order valence-corrected chi connectivity index (χ2v) is 3.97. The van der Waals surface area contributed by atoms with Crippen molar-refractivity contribution in [2.75, 3.05) is 26.8 Å². The summed E-state index contributed by atoms with van der Waals surface area (Å²) in [4.78, 5) is 11.5. The fraction of sp³-hybridized carbons (Fsp3) is 0.462. The molecule has 1 rings (SSSR count). The highest BCUT2D eigenvalue weighted by Gasteiger charge is 2.05. The van der Waals surface area contributed by atoms with E-state index in [9.17, 15) is 13.6 Å². The molecule has 120 valence electrons. The summed E-state index contributed by atoms with van der Waals surface area (Å²) in [6, 6.07) is 6.21. The van der Waals surface area contributed by atoms with Crippen molar-refractivity contribution in [3.05, 3.63) is 29.8 Å². The van der Waals surface area contributed by atoms with Crippen LogP contribution in [0.25, 0.3) is 0 Å². The maximum Gasteiger partial charge on any atom is 0.387 e. The number of alkyl halides is 2. The largest absolute Gasteiger partial charge is 0.435 e. The normalized spacial score (nSPS) is 10.1. The minimum absolute atomic E-state index is 0. The van der Waals surface area contributed by atoms with E-state index in [1.54, 1.807) is 19.2 Å². The molecule has 8 heteroatoms. The van der Waals surface area contributed by atoms with Gasteiger partial charge in [0.1, 0.15) is 5.75 Å². The number of halogens is 3. The summed E-state index contributed by atoms with van der Waals surface area (Å²) in [6.07, 6.45) is 0. The van der Waals surface area contributed by atoms with E-state index in [0.717, 1.165) is 0 Å². The van der Waals surface area contributed by atoms with Crippen LogP contribution in [-0.2, 0) is 16.1 Å². The van der Waals surface area contributed by atoms with Gasteiger partial charge in [0, 0.05) is 20.2 Å². The third-order valence-electron chi connectivity index (χ3n) is 2.38. The van der Waals surface area contributed by atoms with Crippen LogP contribution in [0.15, 0.2) is 24.3 Å². The summed E-state index contributed by atoms with van der Waals surface area (Å²) in [7, 11) is 1.58. The van der Waals surface area contributed by atoms with Gasteiger partial charge in [-0.1, -0.05) is 12.1 Å². The van der Waals surface area contributed by atoms with Crippen LogP contribution in [0, 0.1) is 0 Å². The fourth-order valence-electron chi connectivity index (χ4n) is 1.47. The van der Waals surface area contributed by atoms with Crippen LogP contribution >= 0.6 is 12.4 Å². The van der Waals surface area contributed by atoms with E-state index in [0.29, 0.717) is 18.7 Å². The number of methoxy groups -OCH3 is 1. The standard InChI is InChI=1S/C13H18F2N2O3.ClH/c1-19-6-5-16-9-12(18)17-8-10-3-2-4-11(7-10)20-13(14)15;/h2-4,7,13,16H,5-6,8-9H2,1H3,(H,17,18);1H. The minimum Gasteiger partial charge on any atom is -0.435 e. The summed E-state index contributed by atoms with van der Waals surface area (Å²) in [5, 5.41) is 5.57. The van der Waals surface area contributed by atoms with Gasteiger partial charge in [0.15, 0.2) is 0 Å². The van der Waals surface area contributed by atoms with Crippen molar-refractivity contribution in [2.45, 2.75) is 13.2 Å². The third-order valence-corrected chi connectivity index (χ3v) is 2.38. The second kappa shape index (κ2) is 11.2. The Morgan fingerprint density at radius 3 is 2.81 bits per heavy atom. The fourth-order valence-corrected chi connectivity index (χ4v) is 1.47. The van der Waals surface area contributed by atoms with E-state index in [-0.39, 0.29) is 37.2 Å². The molecule has 1 aromatic rings. The average molecular weight is 325 g/mol. The predicted octanol–water partition coefficient (Wildman–Crippen LogP) is 1.56. The number of nitrogens with one attached hydrogen (secondary N) is 2. The molecule has 0 spiro atoms. The highest BCUT2D eigenvalue weighted by atomic mass is 35.5. The van der Waals surface area contributed by atoms with Gasteiger partial charge in [-0.15, -0.1) is 12.4 Å². The molecule has 0 aliphatic rings. The van der Waals surface area contributed by atoms with Crippen LogP contribution < -0.4 is 15.4 Å². The molecule has 0 bridgehead atoms. The van der Waals surface area contributed by atoms with Crippen molar-refractivity contribution < 1.29 is 23.0 Å². The Kier molecular flexibility index (Phi) is 10.5. The molecule has 0 aliphatic heterocycles. The number of amides is 1. The van der Waals surface area contributed by atoms with Gasteiger partial charge >= 0.3 is 6.61 Å². The second-order valence-electron chi connectivity index (χ2n) is 3.97. The molecule has 0 radical (unpaired) electrons. The Balaban J connectivity index is 0.00000400. The lowest BCUT2D eigenvalue weighted by Gasteiger charge is -2.08. The van der Waals surface area contributed by atoms with Gasteiger partial charge in [0.05, 0.1) is 13.2 Å². The molecule has 0 saturated heterocycles. The van der Waals surface area contributed by atoms with Crippen LogP contribution in [0.5, 0.6) is 5.75 Å². The van der Waals surface area contributed by atoms with Gasteiger partial charge in [-0.25, -0.2) is 0 Å². The zero-order valence-corrected chi connectivity index (χ0v) is 12.4. The van der Waals surface area contributed by atoms with Crippen LogP contribution in [-0.4, -0.2) is 39.3 Å². The molecule has 5 nitrogen and oxygen atoms in total. The molecule has 0 fully saturated rings. The lowest BCUT2D eigenvalue weighted by molar-refractivity contribution is -0.120. The lowest BCUT2D eigenvalue weighted by Crippen LogP contribution is -2.34. The van der Waals surface area contributed by atoms with E-state index in [1.165, 1.54) is 12.1 Å². The summed E-state index contributed by atoms with van der Waals surface area (Å²) < 4.78 is 33.2. The SMILES string of the molecule is COCCNCC(=O)NCc1cccc(OC(F)F)c1.Cl. The van der Waals surface area contributed by atoms with Crippen LogP contribution in [0.3, 0.4) is 0 Å². The first-order valence-electron chi connectivity index (χ1n) is 6.12. The van der Waals surface area contributed by atoms with Crippen molar-refractivity contribution >= 4 is 18.3 Å². The molecular weight excluding hydrogens is 306 g/mol. The van der Waals surface area contributed by atoms with Gasteiger partial charge in [-0.2, -0.15) is 8.78 Å². The first-order valence-corrected chi connectivity index (χ1v) is 6.12. The Bertz CT molecular complexity index is 422. The van der Waals surface area contributed by atoms with E-state index in [4.69, 9.17) is 4.74 Å². The molecule has 0 unspecified atom stereocenters. The molecule has 0 saturated carbocycles. The molecule has 0 atom stereocenters. The quantitative estimate of drug-likeness (QED) is 0.677. The van der Waals surface area contributed by atoms with Crippen molar-refractivity contribution in [1.29, 1.82) is 0 Å². The minimum atomic E-state index is -2.86. The maximum absolute atomic E-state index is 12.1. The Hall–Kier alpha value is -1.44. The lowest BCUT2D eigenvalue weighted by atomic mass is 10.2. The number of ether oxygens (including phenoxy) is 2. The summed E-state index contributed by atoms with van der Waals surface area (Å²) in [5.74, 6) is -0.105. The molecule has 1 amide bonds. The monoisotopic (exact) mass is 324 g/mol. The third kappa shape index (κ3) is 9.17. The first kappa shape index (κ1) is 19.6. The number of carbonyl (C=O) groups is 1. The summed E-state index contributed by atoms with van der Waals surface area (Å²) in [5.41, 5.74) is 0.688.